The predicted molar refractivity (Wildman–Crippen MR) is 103 cm³/mol. The van der Waals surface area contributed by atoms with Crippen molar-refractivity contribution in [3.05, 3.63) is 83.2 Å². The average molecular weight is 372 g/mol. The highest BCUT2D eigenvalue weighted by molar-refractivity contribution is 7.99. The summed E-state index contributed by atoms with van der Waals surface area (Å²) in [4.78, 5) is 12.8. The third kappa shape index (κ3) is 2.78. The lowest BCUT2D eigenvalue weighted by molar-refractivity contribution is 0.543. The Morgan fingerprint density at radius 2 is 1.67 bits per heavy atom. The topological polar surface area (TPSA) is 73.8 Å². The smallest absolute Gasteiger partial charge is 0.350 e. The van der Waals surface area contributed by atoms with Crippen LogP contribution in [0.1, 0.15) is 0 Å². The Hall–Kier alpha value is -3.45. The summed E-state index contributed by atoms with van der Waals surface area (Å²) in [6.45, 7) is 0. The van der Waals surface area contributed by atoms with Gasteiger partial charge in [-0.2, -0.15) is 4.68 Å². The van der Waals surface area contributed by atoms with Gasteiger partial charge in [-0.15, -0.1) is 5.10 Å². The van der Waals surface area contributed by atoms with E-state index in [4.69, 9.17) is 4.42 Å². The van der Waals surface area contributed by atoms with E-state index < -0.39 is 5.63 Å². The van der Waals surface area contributed by atoms with Crippen LogP contribution in [0.3, 0.4) is 0 Å². The van der Waals surface area contributed by atoms with Crippen molar-refractivity contribution in [1.29, 1.82) is 0 Å². The van der Waals surface area contributed by atoms with Gasteiger partial charge in [0.25, 0.3) is 0 Å². The van der Waals surface area contributed by atoms with E-state index in [1.54, 1.807) is 16.8 Å². The van der Waals surface area contributed by atoms with E-state index in [2.05, 4.69) is 15.5 Å². The van der Waals surface area contributed by atoms with Gasteiger partial charge >= 0.3 is 5.63 Å². The number of hydrogen-bond donors (Lipinski definition) is 0. The van der Waals surface area contributed by atoms with E-state index in [1.807, 2.05) is 60.7 Å². The first-order valence-corrected chi connectivity index (χ1v) is 9.08. The van der Waals surface area contributed by atoms with Gasteiger partial charge in [-0.25, -0.2) is 4.79 Å². The molecule has 7 heteroatoms. The van der Waals surface area contributed by atoms with Crippen molar-refractivity contribution in [2.45, 2.75) is 10.1 Å². The first-order valence-electron chi connectivity index (χ1n) is 8.27. The molecule has 5 rings (SSSR count). The molecule has 130 valence electrons. The largest absolute Gasteiger partial charge is 0.422 e. The minimum atomic E-state index is -0.411. The Bertz CT molecular complexity index is 1340. The molecule has 0 radical (unpaired) electrons. The van der Waals surface area contributed by atoms with Crippen molar-refractivity contribution in [1.82, 2.24) is 20.2 Å². The monoisotopic (exact) mass is 372 g/mol. The van der Waals surface area contributed by atoms with Gasteiger partial charge in [0, 0.05) is 10.8 Å². The summed E-state index contributed by atoms with van der Waals surface area (Å²) in [5.74, 6) is 0. The van der Waals surface area contributed by atoms with E-state index in [9.17, 15) is 4.79 Å². The van der Waals surface area contributed by atoms with Crippen molar-refractivity contribution < 1.29 is 4.42 Å². The fourth-order valence-electron chi connectivity index (χ4n) is 3.00. The molecular formula is C20H12N4O2S. The zero-order chi connectivity index (χ0) is 18.2. The van der Waals surface area contributed by atoms with Crippen LogP contribution in [0.25, 0.3) is 27.4 Å². The number of benzene rings is 3. The Morgan fingerprint density at radius 1 is 0.889 bits per heavy atom. The maximum atomic E-state index is 12.4. The third-order valence-corrected chi connectivity index (χ3v) is 5.19. The van der Waals surface area contributed by atoms with Crippen molar-refractivity contribution in [3.63, 3.8) is 0 Å². The molecule has 0 saturated heterocycles. The normalized spacial score (nSPS) is 11.3. The summed E-state index contributed by atoms with van der Waals surface area (Å²) in [6, 6.07) is 23.2. The van der Waals surface area contributed by atoms with Crippen LogP contribution < -0.4 is 5.63 Å². The standard InChI is InChI=1S/C20H12N4O2S/c25-19-18(12-14-7-2-4-11-17(14)26-19)27-20-21-22-23-24(20)16-10-5-8-13-6-1-3-9-15(13)16/h1-12H. The van der Waals surface area contributed by atoms with Crippen molar-refractivity contribution >= 4 is 33.5 Å². The molecule has 0 atom stereocenters. The molecule has 27 heavy (non-hydrogen) atoms. The van der Waals surface area contributed by atoms with Crippen LogP contribution in [-0.2, 0) is 0 Å². The molecule has 0 aliphatic rings. The molecule has 0 aliphatic carbocycles. The van der Waals surface area contributed by atoms with Gasteiger partial charge in [0.1, 0.15) is 10.5 Å². The summed E-state index contributed by atoms with van der Waals surface area (Å²) in [5.41, 5.74) is 0.998. The molecule has 0 aliphatic heterocycles. The van der Waals surface area contributed by atoms with Crippen molar-refractivity contribution in [2.75, 3.05) is 0 Å². The Balaban J connectivity index is 1.62. The van der Waals surface area contributed by atoms with Gasteiger partial charge in [0.2, 0.25) is 5.16 Å². The molecule has 0 fully saturated rings. The highest BCUT2D eigenvalue weighted by Crippen LogP contribution is 2.29. The molecule has 0 bridgehead atoms. The van der Waals surface area contributed by atoms with Gasteiger partial charge < -0.3 is 4.42 Å². The van der Waals surface area contributed by atoms with Crippen LogP contribution in [0.5, 0.6) is 0 Å². The fourth-order valence-corrected chi connectivity index (χ4v) is 3.81. The second kappa shape index (κ2) is 6.37. The highest BCUT2D eigenvalue weighted by Gasteiger charge is 2.15. The zero-order valence-corrected chi connectivity index (χ0v) is 14.8. The molecule has 0 N–H and O–H groups in total. The summed E-state index contributed by atoms with van der Waals surface area (Å²) >= 11 is 1.19. The second-order valence-electron chi connectivity index (χ2n) is 5.91. The highest BCUT2D eigenvalue weighted by atomic mass is 32.2. The fraction of sp³-hybridized carbons (Fsp3) is 0. The Labute approximate surface area is 157 Å². The number of aromatic nitrogens is 4. The first-order chi connectivity index (χ1) is 13.3. The molecule has 2 aromatic heterocycles. The summed E-state index contributed by atoms with van der Waals surface area (Å²) in [5, 5.41) is 15.5. The lowest BCUT2D eigenvalue weighted by atomic mass is 10.1. The predicted octanol–water partition coefficient (Wildman–Crippen LogP) is 4.07. The summed E-state index contributed by atoms with van der Waals surface area (Å²) in [7, 11) is 0. The molecule has 0 amide bonds. The lowest BCUT2D eigenvalue weighted by Gasteiger charge is -2.07. The minimum Gasteiger partial charge on any atom is -0.422 e. The number of para-hydroxylation sites is 1. The van der Waals surface area contributed by atoms with Gasteiger partial charge in [-0.05, 0) is 45.8 Å². The molecule has 0 saturated carbocycles. The number of fused-ring (bicyclic) bond motifs is 2. The first kappa shape index (κ1) is 15.8. The minimum absolute atomic E-state index is 0.411. The van der Waals surface area contributed by atoms with Gasteiger partial charge in [0.05, 0.1) is 5.69 Å². The SMILES string of the molecule is O=c1oc2ccccc2cc1Sc1nnnn1-c1cccc2ccccc12. The van der Waals surface area contributed by atoms with Crippen LogP contribution in [0.4, 0.5) is 0 Å². The van der Waals surface area contributed by atoms with E-state index in [0.29, 0.717) is 15.6 Å². The van der Waals surface area contributed by atoms with Gasteiger partial charge in [0.15, 0.2) is 0 Å². The quantitative estimate of drug-likeness (QED) is 0.445. The average Bonchev–Trinajstić information content (AvgIpc) is 3.16. The summed E-state index contributed by atoms with van der Waals surface area (Å²) < 4.78 is 7.04. The van der Waals surface area contributed by atoms with E-state index in [0.717, 1.165) is 21.8 Å². The maximum Gasteiger partial charge on any atom is 0.350 e. The maximum absolute atomic E-state index is 12.4. The van der Waals surface area contributed by atoms with Gasteiger partial charge in [-0.1, -0.05) is 54.6 Å². The third-order valence-electron chi connectivity index (χ3n) is 4.25. The van der Waals surface area contributed by atoms with E-state index >= 15 is 0 Å². The molecule has 5 aromatic rings. The Kier molecular flexibility index (Phi) is 3.72. The summed E-state index contributed by atoms with van der Waals surface area (Å²) in [6.07, 6.45) is 0. The number of rotatable bonds is 3. The van der Waals surface area contributed by atoms with Crippen molar-refractivity contribution in [2.24, 2.45) is 0 Å². The lowest BCUT2D eigenvalue weighted by Crippen LogP contribution is -2.04. The zero-order valence-electron chi connectivity index (χ0n) is 13.9. The Morgan fingerprint density at radius 3 is 2.59 bits per heavy atom. The van der Waals surface area contributed by atoms with Crippen LogP contribution in [0, 0.1) is 0 Å². The second-order valence-corrected chi connectivity index (χ2v) is 6.92. The number of tetrazole rings is 1. The molecule has 0 unspecified atom stereocenters. The molecular weight excluding hydrogens is 360 g/mol. The van der Waals surface area contributed by atoms with Crippen LogP contribution in [-0.4, -0.2) is 20.2 Å². The molecule has 2 heterocycles. The van der Waals surface area contributed by atoms with Crippen LogP contribution >= 0.6 is 11.8 Å². The number of nitrogens with zero attached hydrogens (tertiary/aromatic N) is 4. The van der Waals surface area contributed by atoms with E-state index in [-0.39, 0.29) is 0 Å². The van der Waals surface area contributed by atoms with Gasteiger partial charge in [-0.3, -0.25) is 0 Å². The number of hydrogen-bond acceptors (Lipinski definition) is 6. The van der Waals surface area contributed by atoms with E-state index in [1.165, 1.54) is 11.8 Å². The molecule has 3 aromatic carbocycles. The molecule has 6 nitrogen and oxygen atoms in total. The molecule has 0 spiro atoms. The van der Waals surface area contributed by atoms with Crippen LogP contribution in [0.2, 0.25) is 0 Å². The van der Waals surface area contributed by atoms with Crippen LogP contribution in [0.15, 0.2) is 92.1 Å². The van der Waals surface area contributed by atoms with Crippen molar-refractivity contribution in [3.8, 4) is 5.69 Å².